The molecule has 2 heterocycles. The van der Waals surface area contributed by atoms with E-state index in [-0.39, 0.29) is 5.56 Å². The summed E-state index contributed by atoms with van der Waals surface area (Å²) >= 11 is 0. The van der Waals surface area contributed by atoms with Crippen LogP contribution in [0.4, 0.5) is 0 Å². The van der Waals surface area contributed by atoms with Crippen LogP contribution in [0.1, 0.15) is 27.3 Å². The third-order valence-corrected chi connectivity index (χ3v) is 2.48. The molecule has 0 saturated carbocycles. The normalized spacial score (nSPS) is 10.5. The van der Waals surface area contributed by atoms with E-state index in [1.54, 1.807) is 19.2 Å². The summed E-state index contributed by atoms with van der Waals surface area (Å²) in [5, 5.41) is 13.4. The van der Waals surface area contributed by atoms with Crippen molar-refractivity contribution in [2.24, 2.45) is 0 Å². The maximum absolute atomic E-state index is 11.3. The van der Waals surface area contributed by atoms with Crippen molar-refractivity contribution in [3.8, 4) is 5.82 Å². The van der Waals surface area contributed by atoms with Crippen LogP contribution >= 0.6 is 0 Å². The highest BCUT2D eigenvalue weighted by molar-refractivity contribution is 5.92. The number of carboxylic acids is 1. The predicted molar refractivity (Wildman–Crippen MR) is 62.5 cm³/mol. The van der Waals surface area contributed by atoms with Crippen molar-refractivity contribution in [1.82, 2.24) is 14.8 Å². The highest BCUT2D eigenvalue weighted by atomic mass is 16.4. The zero-order valence-electron chi connectivity index (χ0n) is 9.93. The van der Waals surface area contributed by atoms with Crippen molar-refractivity contribution in [2.45, 2.75) is 20.8 Å². The lowest BCUT2D eigenvalue weighted by Gasteiger charge is -2.09. The Hall–Kier alpha value is -2.17. The van der Waals surface area contributed by atoms with Crippen LogP contribution in [0, 0.1) is 20.8 Å². The van der Waals surface area contributed by atoms with E-state index in [0.29, 0.717) is 11.4 Å². The molecule has 2 aromatic heterocycles. The van der Waals surface area contributed by atoms with Crippen molar-refractivity contribution in [2.75, 3.05) is 0 Å². The zero-order valence-corrected chi connectivity index (χ0v) is 9.93. The summed E-state index contributed by atoms with van der Waals surface area (Å²) in [4.78, 5) is 15.5. The quantitative estimate of drug-likeness (QED) is 0.857. The third kappa shape index (κ3) is 2.04. The topological polar surface area (TPSA) is 68.0 Å². The molecule has 0 aromatic carbocycles. The highest BCUT2D eigenvalue weighted by Crippen LogP contribution is 2.17. The number of pyridine rings is 1. The van der Waals surface area contributed by atoms with Gasteiger partial charge in [0.25, 0.3) is 0 Å². The number of aromatic nitrogens is 3. The van der Waals surface area contributed by atoms with Crippen molar-refractivity contribution in [1.29, 1.82) is 0 Å². The van der Waals surface area contributed by atoms with Gasteiger partial charge in [-0.1, -0.05) is 0 Å². The van der Waals surface area contributed by atoms with Crippen LogP contribution < -0.4 is 0 Å². The van der Waals surface area contributed by atoms with E-state index in [2.05, 4.69) is 10.1 Å². The average molecular weight is 231 g/mol. The Bertz CT molecular complexity index is 587. The van der Waals surface area contributed by atoms with Crippen molar-refractivity contribution < 1.29 is 9.90 Å². The minimum atomic E-state index is -0.988. The SMILES string of the molecule is Cc1cc(C)c(C(=O)O)c(-n2ccc(C)n2)n1. The third-order valence-electron chi connectivity index (χ3n) is 2.48. The summed E-state index contributed by atoms with van der Waals surface area (Å²) in [6.07, 6.45) is 1.71. The van der Waals surface area contributed by atoms with E-state index in [0.717, 1.165) is 11.4 Å². The maximum atomic E-state index is 11.3. The van der Waals surface area contributed by atoms with Gasteiger partial charge in [-0.3, -0.25) is 0 Å². The van der Waals surface area contributed by atoms with Gasteiger partial charge in [-0.2, -0.15) is 5.10 Å². The van der Waals surface area contributed by atoms with Gasteiger partial charge in [0.15, 0.2) is 5.82 Å². The second kappa shape index (κ2) is 4.01. The predicted octanol–water partition coefficient (Wildman–Crippen LogP) is 1.89. The van der Waals surface area contributed by atoms with Crippen LogP contribution in [0.25, 0.3) is 5.82 Å². The lowest BCUT2D eigenvalue weighted by Crippen LogP contribution is -2.11. The lowest BCUT2D eigenvalue weighted by molar-refractivity contribution is 0.0695. The number of hydrogen-bond acceptors (Lipinski definition) is 3. The molecule has 0 saturated heterocycles. The van der Waals surface area contributed by atoms with Gasteiger partial charge in [-0.15, -0.1) is 0 Å². The monoisotopic (exact) mass is 231 g/mol. The van der Waals surface area contributed by atoms with Crippen molar-refractivity contribution in [3.05, 3.63) is 40.8 Å². The van der Waals surface area contributed by atoms with E-state index in [1.165, 1.54) is 4.68 Å². The molecule has 0 unspecified atom stereocenters. The molecule has 1 N–H and O–H groups in total. The number of nitrogens with zero attached hydrogens (tertiary/aromatic N) is 3. The van der Waals surface area contributed by atoms with Crippen LogP contribution in [-0.2, 0) is 0 Å². The average Bonchev–Trinajstić information content (AvgIpc) is 2.62. The molecule has 0 aliphatic heterocycles. The van der Waals surface area contributed by atoms with E-state index in [9.17, 15) is 9.90 Å². The van der Waals surface area contributed by atoms with Gasteiger partial charge in [0, 0.05) is 11.9 Å². The molecule has 5 nitrogen and oxygen atoms in total. The Morgan fingerprint density at radius 2 is 2.00 bits per heavy atom. The summed E-state index contributed by atoms with van der Waals surface area (Å²) < 4.78 is 1.50. The number of carboxylic acid groups (broad SMARTS) is 1. The Morgan fingerprint density at radius 1 is 1.29 bits per heavy atom. The Balaban J connectivity index is 2.71. The largest absolute Gasteiger partial charge is 0.478 e. The fourth-order valence-electron chi connectivity index (χ4n) is 1.78. The molecule has 0 atom stereocenters. The first-order valence-corrected chi connectivity index (χ1v) is 5.23. The Morgan fingerprint density at radius 3 is 2.53 bits per heavy atom. The molecule has 88 valence electrons. The summed E-state index contributed by atoms with van der Waals surface area (Å²) in [7, 11) is 0. The van der Waals surface area contributed by atoms with Crippen molar-refractivity contribution in [3.63, 3.8) is 0 Å². The zero-order chi connectivity index (χ0) is 12.6. The van der Waals surface area contributed by atoms with Gasteiger partial charge in [0.2, 0.25) is 0 Å². The van der Waals surface area contributed by atoms with Crippen LogP contribution in [0.15, 0.2) is 18.3 Å². The van der Waals surface area contributed by atoms with Gasteiger partial charge in [0.1, 0.15) is 5.56 Å². The van der Waals surface area contributed by atoms with Crippen LogP contribution in [0.5, 0.6) is 0 Å². The molecule has 0 amide bonds. The molecule has 0 spiro atoms. The van der Waals surface area contributed by atoms with E-state index < -0.39 is 5.97 Å². The fourth-order valence-corrected chi connectivity index (χ4v) is 1.78. The summed E-state index contributed by atoms with van der Waals surface area (Å²) in [5.74, 6) is -0.624. The molecule has 0 radical (unpaired) electrons. The molecular weight excluding hydrogens is 218 g/mol. The Kier molecular flexibility index (Phi) is 2.67. The molecular formula is C12H13N3O2. The molecule has 0 fully saturated rings. The molecule has 0 bridgehead atoms. The number of aryl methyl sites for hydroxylation is 3. The molecule has 17 heavy (non-hydrogen) atoms. The standard InChI is InChI=1S/C12H13N3O2/c1-7-6-9(3)13-11(10(7)12(16)17)15-5-4-8(2)14-15/h4-6H,1-3H3,(H,16,17). The van der Waals surface area contributed by atoms with E-state index in [1.807, 2.05) is 19.9 Å². The minimum absolute atomic E-state index is 0.193. The molecule has 0 aliphatic rings. The van der Waals surface area contributed by atoms with Crippen molar-refractivity contribution >= 4 is 5.97 Å². The molecule has 2 aromatic rings. The van der Waals surface area contributed by atoms with Gasteiger partial charge in [-0.25, -0.2) is 14.5 Å². The minimum Gasteiger partial charge on any atom is -0.478 e. The first-order chi connectivity index (χ1) is 7.99. The number of carbonyl (C=O) groups is 1. The second-order valence-corrected chi connectivity index (χ2v) is 3.99. The first-order valence-electron chi connectivity index (χ1n) is 5.23. The smallest absolute Gasteiger partial charge is 0.339 e. The van der Waals surface area contributed by atoms with Gasteiger partial charge in [-0.05, 0) is 38.5 Å². The van der Waals surface area contributed by atoms with Crippen LogP contribution in [-0.4, -0.2) is 25.8 Å². The molecule has 0 aliphatic carbocycles. The summed E-state index contributed by atoms with van der Waals surface area (Å²) in [5.41, 5.74) is 2.48. The molecule has 5 heteroatoms. The maximum Gasteiger partial charge on any atom is 0.339 e. The second-order valence-electron chi connectivity index (χ2n) is 3.99. The van der Waals surface area contributed by atoms with E-state index >= 15 is 0 Å². The van der Waals surface area contributed by atoms with Gasteiger partial charge in [0.05, 0.1) is 5.69 Å². The van der Waals surface area contributed by atoms with Crippen LogP contribution in [0.2, 0.25) is 0 Å². The van der Waals surface area contributed by atoms with Gasteiger partial charge < -0.3 is 5.11 Å². The Labute approximate surface area is 98.7 Å². The number of hydrogen-bond donors (Lipinski definition) is 1. The number of rotatable bonds is 2. The van der Waals surface area contributed by atoms with E-state index in [4.69, 9.17) is 0 Å². The first kappa shape index (κ1) is 11.3. The van der Waals surface area contributed by atoms with Gasteiger partial charge >= 0.3 is 5.97 Å². The fraction of sp³-hybridized carbons (Fsp3) is 0.250. The molecule has 2 rings (SSSR count). The lowest BCUT2D eigenvalue weighted by atomic mass is 10.1. The highest BCUT2D eigenvalue weighted by Gasteiger charge is 2.17. The van der Waals surface area contributed by atoms with Crippen LogP contribution in [0.3, 0.4) is 0 Å². The number of aromatic carboxylic acids is 1. The summed E-state index contributed by atoms with van der Waals surface area (Å²) in [6.45, 7) is 5.44. The summed E-state index contributed by atoms with van der Waals surface area (Å²) in [6, 6.07) is 3.56.